The van der Waals surface area contributed by atoms with Crippen molar-refractivity contribution < 1.29 is 13.9 Å². The third kappa shape index (κ3) is 3.99. The lowest BCUT2D eigenvalue weighted by Crippen LogP contribution is -2.39. The van der Waals surface area contributed by atoms with E-state index in [-0.39, 0.29) is 11.8 Å². The summed E-state index contributed by atoms with van der Waals surface area (Å²) in [5.74, 6) is -0.409. The number of hydrogen-bond donors (Lipinski definition) is 0. The Morgan fingerprint density at radius 3 is 2.83 bits per heavy atom. The molecule has 4 rings (SSSR count). The molecule has 29 heavy (non-hydrogen) atoms. The zero-order valence-corrected chi connectivity index (χ0v) is 16.7. The first kappa shape index (κ1) is 19.1. The van der Waals surface area contributed by atoms with Crippen LogP contribution in [0.1, 0.15) is 32.9 Å². The van der Waals surface area contributed by atoms with Crippen LogP contribution < -0.4 is 0 Å². The molecular weight excluding hydrogens is 371 g/mol. The van der Waals surface area contributed by atoms with Crippen LogP contribution in [0, 0.1) is 5.82 Å². The second-order valence-electron chi connectivity index (χ2n) is 8.04. The molecule has 150 valence electrons. The number of pyridine rings is 2. The van der Waals surface area contributed by atoms with E-state index in [4.69, 9.17) is 4.74 Å². The van der Waals surface area contributed by atoms with Crippen molar-refractivity contribution in [2.24, 2.45) is 0 Å². The monoisotopic (exact) mass is 394 g/mol. The van der Waals surface area contributed by atoms with Gasteiger partial charge in [-0.25, -0.2) is 18.7 Å². The van der Waals surface area contributed by atoms with Crippen molar-refractivity contribution in [3.63, 3.8) is 0 Å². The molecule has 0 fully saturated rings. The van der Waals surface area contributed by atoms with E-state index in [1.165, 1.54) is 6.07 Å². The molecule has 0 atom stereocenters. The summed E-state index contributed by atoms with van der Waals surface area (Å²) in [6.07, 6.45) is 5.81. The fourth-order valence-corrected chi connectivity index (χ4v) is 3.34. The molecule has 0 aromatic carbocycles. The van der Waals surface area contributed by atoms with Gasteiger partial charge in [-0.2, -0.15) is 5.10 Å². The fraction of sp³-hybridized carbons (Fsp3) is 0.318. The lowest BCUT2D eigenvalue weighted by Gasteiger charge is -2.30. The van der Waals surface area contributed by atoms with E-state index in [1.807, 2.05) is 51.2 Å². The van der Waals surface area contributed by atoms with E-state index < -0.39 is 11.4 Å². The van der Waals surface area contributed by atoms with Crippen molar-refractivity contribution >= 4 is 17.2 Å². The van der Waals surface area contributed by atoms with Gasteiger partial charge in [0.25, 0.3) is 0 Å². The van der Waals surface area contributed by atoms with Crippen LogP contribution in [0.5, 0.6) is 0 Å². The number of rotatable bonds is 2. The molecule has 0 radical (unpaired) electrons. The minimum Gasteiger partial charge on any atom is -0.444 e. The van der Waals surface area contributed by atoms with Crippen molar-refractivity contribution in [3.05, 3.63) is 60.3 Å². The van der Waals surface area contributed by atoms with Gasteiger partial charge in [-0.1, -0.05) is 12.1 Å². The number of carbonyl (C=O) groups excluding carboxylic acids is 1. The van der Waals surface area contributed by atoms with Crippen LogP contribution >= 0.6 is 0 Å². The van der Waals surface area contributed by atoms with Crippen LogP contribution in [0.15, 0.2) is 48.8 Å². The summed E-state index contributed by atoms with van der Waals surface area (Å²) in [6, 6.07) is 8.68. The summed E-state index contributed by atoms with van der Waals surface area (Å²) < 4.78 is 21.8. The predicted molar refractivity (Wildman–Crippen MR) is 109 cm³/mol. The van der Waals surface area contributed by atoms with Gasteiger partial charge in [-0.3, -0.25) is 0 Å². The van der Waals surface area contributed by atoms with Crippen LogP contribution in [0.2, 0.25) is 0 Å². The molecule has 0 saturated heterocycles. The van der Waals surface area contributed by atoms with E-state index >= 15 is 0 Å². The topological polar surface area (TPSA) is 59.7 Å². The average Bonchev–Trinajstić information content (AvgIpc) is 3.11. The van der Waals surface area contributed by atoms with Gasteiger partial charge in [0.1, 0.15) is 17.1 Å². The maximum absolute atomic E-state index is 14.6. The van der Waals surface area contributed by atoms with Crippen LogP contribution in [-0.2, 0) is 4.74 Å². The fourth-order valence-electron chi connectivity index (χ4n) is 3.34. The van der Waals surface area contributed by atoms with Crippen LogP contribution in [0.25, 0.3) is 22.3 Å². The van der Waals surface area contributed by atoms with Gasteiger partial charge in [0.2, 0.25) is 0 Å². The first-order valence-electron chi connectivity index (χ1n) is 9.58. The van der Waals surface area contributed by atoms with Crippen molar-refractivity contribution in [1.29, 1.82) is 0 Å². The normalized spacial score (nSPS) is 14.8. The van der Waals surface area contributed by atoms with E-state index in [9.17, 15) is 9.18 Å². The first-order chi connectivity index (χ1) is 13.8. The molecule has 0 saturated carbocycles. The lowest BCUT2D eigenvalue weighted by atomic mass is 10.0. The Morgan fingerprint density at radius 1 is 1.21 bits per heavy atom. The number of amides is 1. The van der Waals surface area contributed by atoms with Crippen molar-refractivity contribution in [2.45, 2.75) is 32.8 Å². The van der Waals surface area contributed by atoms with Gasteiger partial charge >= 0.3 is 6.09 Å². The summed E-state index contributed by atoms with van der Waals surface area (Å²) in [5.41, 5.74) is 2.63. The standard InChI is InChI=1S/C22H23FN4O2/c1-22(2,3)29-21(28)26-11-6-7-15(14-26)18-10-9-17(23)20(25-18)16-13-24-27-12-5-4-8-19(16)27/h4-5,7-10,12-13H,6,11,14H2,1-3H3. The molecule has 0 spiro atoms. The van der Waals surface area contributed by atoms with Crippen LogP contribution in [0.4, 0.5) is 9.18 Å². The summed E-state index contributed by atoms with van der Waals surface area (Å²) in [4.78, 5) is 18.7. The largest absolute Gasteiger partial charge is 0.444 e. The number of aromatic nitrogens is 3. The van der Waals surface area contributed by atoms with Gasteiger partial charge in [-0.15, -0.1) is 0 Å². The van der Waals surface area contributed by atoms with E-state index in [0.717, 1.165) is 11.1 Å². The van der Waals surface area contributed by atoms with E-state index in [2.05, 4.69) is 10.1 Å². The lowest BCUT2D eigenvalue weighted by molar-refractivity contribution is 0.0273. The first-order valence-corrected chi connectivity index (χ1v) is 9.58. The molecule has 0 bridgehead atoms. The predicted octanol–water partition coefficient (Wildman–Crippen LogP) is 4.56. The molecule has 3 aromatic rings. The smallest absolute Gasteiger partial charge is 0.410 e. The molecule has 0 aliphatic carbocycles. The average molecular weight is 394 g/mol. The molecule has 4 heterocycles. The highest BCUT2D eigenvalue weighted by Gasteiger charge is 2.25. The molecule has 6 nitrogen and oxygen atoms in total. The Labute approximate surface area is 168 Å². The highest BCUT2D eigenvalue weighted by atomic mass is 19.1. The number of fused-ring (bicyclic) bond motifs is 1. The Kier molecular flexibility index (Phi) is 4.82. The second-order valence-corrected chi connectivity index (χ2v) is 8.04. The van der Waals surface area contributed by atoms with Gasteiger partial charge in [0, 0.05) is 18.3 Å². The van der Waals surface area contributed by atoms with Crippen molar-refractivity contribution in [2.75, 3.05) is 13.1 Å². The molecule has 0 N–H and O–H groups in total. The number of ether oxygens (including phenoxy) is 1. The van der Waals surface area contributed by atoms with Crippen LogP contribution in [-0.4, -0.2) is 44.3 Å². The minimum atomic E-state index is -0.552. The molecule has 1 aliphatic rings. The third-order valence-corrected chi connectivity index (χ3v) is 4.66. The number of nitrogens with zero attached hydrogens (tertiary/aromatic N) is 4. The van der Waals surface area contributed by atoms with Gasteiger partial charge in [-0.05, 0) is 57.0 Å². The quantitative estimate of drug-likeness (QED) is 0.639. The third-order valence-electron chi connectivity index (χ3n) is 4.66. The van der Waals surface area contributed by atoms with Crippen molar-refractivity contribution in [3.8, 4) is 11.3 Å². The highest BCUT2D eigenvalue weighted by Crippen LogP contribution is 2.28. The number of hydrogen-bond acceptors (Lipinski definition) is 4. The number of carbonyl (C=O) groups is 1. The maximum atomic E-state index is 14.6. The zero-order chi connectivity index (χ0) is 20.6. The Hall–Kier alpha value is -3.22. The zero-order valence-electron chi connectivity index (χ0n) is 16.7. The van der Waals surface area contributed by atoms with E-state index in [1.54, 1.807) is 21.7 Å². The highest BCUT2D eigenvalue weighted by molar-refractivity contribution is 5.80. The molecule has 0 unspecified atom stereocenters. The Bertz CT molecular complexity index is 1100. The summed E-state index contributed by atoms with van der Waals surface area (Å²) in [5, 5.41) is 4.27. The molecule has 1 aliphatic heterocycles. The molecule has 1 amide bonds. The second kappa shape index (κ2) is 7.31. The molecular formula is C22H23FN4O2. The van der Waals surface area contributed by atoms with E-state index in [0.29, 0.717) is 30.8 Å². The maximum Gasteiger partial charge on any atom is 0.410 e. The summed E-state index contributed by atoms with van der Waals surface area (Å²) in [7, 11) is 0. The van der Waals surface area contributed by atoms with Gasteiger partial charge in [0.15, 0.2) is 0 Å². The molecule has 7 heteroatoms. The Balaban J connectivity index is 1.64. The van der Waals surface area contributed by atoms with Gasteiger partial charge < -0.3 is 9.64 Å². The Morgan fingerprint density at radius 2 is 2.03 bits per heavy atom. The number of halogens is 1. The summed E-state index contributed by atoms with van der Waals surface area (Å²) in [6.45, 7) is 6.49. The SMILES string of the molecule is CC(C)(C)OC(=O)N1CCC=C(c2ccc(F)c(-c3cnn4ccccc34)n2)C1. The minimum absolute atomic E-state index is 0.249. The molecule has 3 aromatic heterocycles. The van der Waals surface area contributed by atoms with Crippen molar-refractivity contribution in [1.82, 2.24) is 19.5 Å². The van der Waals surface area contributed by atoms with Gasteiger partial charge in [0.05, 0.1) is 24.0 Å². The summed E-state index contributed by atoms with van der Waals surface area (Å²) >= 11 is 0. The van der Waals surface area contributed by atoms with Crippen LogP contribution in [0.3, 0.4) is 0 Å².